The number of aliphatic hydroxyl groups excluding tert-OH is 1. The van der Waals surface area contributed by atoms with E-state index in [1.54, 1.807) is 0 Å². The van der Waals surface area contributed by atoms with Gasteiger partial charge in [-0.05, 0) is 62.8 Å². The van der Waals surface area contributed by atoms with Crippen molar-refractivity contribution in [3.8, 4) is 0 Å². The Bertz CT molecular complexity index is 355. The van der Waals surface area contributed by atoms with Crippen molar-refractivity contribution in [1.29, 1.82) is 0 Å². The second-order valence-corrected chi connectivity index (χ2v) is 8.52. The highest BCUT2D eigenvalue weighted by Gasteiger charge is 2.46. The summed E-state index contributed by atoms with van der Waals surface area (Å²) in [6, 6.07) is 0.439. The summed E-state index contributed by atoms with van der Waals surface area (Å²) in [6.07, 6.45) is 8.48. The molecule has 0 saturated heterocycles. The Balaban J connectivity index is 1.57. The van der Waals surface area contributed by atoms with Crippen molar-refractivity contribution in [2.45, 2.75) is 64.0 Å². The van der Waals surface area contributed by atoms with E-state index in [2.05, 4.69) is 31.1 Å². The van der Waals surface area contributed by atoms with Crippen LogP contribution in [0.4, 0.5) is 0 Å². The largest absolute Gasteiger partial charge is 0.394 e. The van der Waals surface area contributed by atoms with Gasteiger partial charge < -0.3 is 15.3 Å². The van der Waals surface area contributed by atoms with Crippen LogP contribution in [0.25, 0.3) is 0 Å². The van der Waals surface area contributed by atoms with Crippen LogP contribution in [0.5, 0.6) is 0 Å². The average Bonchev–Trinajstić information content (AvgIpc) is 3.09. The van der Waals surface area contributed by atoms with Gasteiger partial charge in [-0.1, -0.05) is 20.3 Å². The maximum Gasteiger partial charge on any atom is 0.0628 e. The molecule has 0 heterocycles. The van der Waals surface area contributed by atoms with Crippen molar-refractivity contribution >= 4 is 0 Å². The SMILES string of the molecule is CC(C)NC(CO)(CN(C)CC1CC2CCC1C2)C1CC1. The van der Waals surface area contributed by atoms with Crippen molar-refractivity contribution in [3.05, 3.63) is 0 Å². The Morgan fingerprint density at radius 2 is 1.95 bits per heavy atom. The second-order valence-electron chi connectivity index (χ2n) is 8.52. The molecule has 3 aliphatic carbocycles. The van der Waals surface area contributed by atoms with Gasteiger partial charge in [0.15, 0.2) is 0 Å². The van der Waals surface area contributed by atoms with Gasteiger partial charge in [0.2, 0.25) is 0 Å². The molecule has 0 aromatic carbocycles. The maximum atomic E-state index is 10.1. The number of nitrogens with zero attached hydrogens (tertiary/aromatic N) is 1. The van der Waals surface area contributed by atoms with E-state index in [0.29, 0.717) is 12.0 Å². The van der Waals surface area contributed by atoms with Gasteiger partial charge in [-0.15, -0.1) is 0 Å². The van der Waals surface area contributed by atoms with E-state index in [4.69, 9.17) is 0 Å². The topological polar surface area (TPSA) is 35.5 Å². The van der Waals surface area contributed by atoms with Crippen LogP contribution in [-0.4, -0.2) is 48.3 Å². The smallest absolute Gasteiger partial charge is 0.0628 e. The van der Waals surface area contributed by atoms with Gasteiger partial charge >= 0.3 is 0 Å². The lowest BCUT2D eigenvalue weighted by Gasteiger charge is -2.40. The Morgan fingerprint density at radius 3 is 2.43 bits per heavy atom. The summed E-state index contributed by atoms with van der Waals surface area (Å²) < 4.78 is 0. The molecule has 0 amide bonds. The van der Waals surface area contributed by atoms with Gasteiger partial charge in [0.25, 0.3) is 0 Å². The van der Waals surface area contributed by atoms with Crippen LogP contribution in [0.15, 0.2) is 0 Å². The highest BCUT2D eigenvalue weighted by molar-refractivity contribution is 5.03. The standard InChI is InChI=1S/C18H34N2O/c1-13(2)19-18(12-21,17-6-7-17)11-20(3)10-16-9-14-4-5-15(16)8-14/h13-17,19,21H,4-12H2,1-3H3. The number of rotatable bonds is 8. The summed E-state index contributed by atoms with van der Waals surface area (Å²) >= 11 is 0. The van der Waals surface area contributed by atoms with Crippen LogP contribution in [0.3, 0.4) is 0 Å². The van der Waals surface area contributed by atoms with Crippen LogP contribution in [-0.2, 0) is 0 Å². The zero-order chi connectivity index (χ0) is 15.0. The highest BCUT2D eigenvalue weighted by Crippen LogP contribution is 2.48. The Labute approximate surface area is 130 Å². The number of likely N-dealkylation sites (N-methyl/N-ethyl adjacent to an activating group) is 1. The van der Waals surface area contributed by atoms with Crippen molar-refractivity contribution in [1.82, 2.24) is 10.2 Å². The molecule has 3 rings (SSSR count). The van der Waals surface area contributed by atoms with E-state index < -0.39 is 0 Å². The van der Waals surface area contributed by atoms with E-state index in [9.17, 15) is 5.11 Å². The lowest BCUT2D eigenvalue weighted by atomic mass is 9.87. The molecule has 3 nitrogen and oxygen atoms in total. The number of hydrogen-bond acceptors (Lipinski definition) is 3. The highest BCUT2D eigenvalue weighted by atomic mass is 16.3. The Morgan fingerprint density at radius 1 is 1.19 bits per heavy atom. The molecule has 0 radical (unpaired) electrons. The molecule has 0 aromatic heterocycles. The first-order chi connectivity index (χ1) is 10.0. The summed E-state index contributed by atoms with van der Waals surface area (Å²) in [7, 11) is 2.26. The molecule has 2 bridgehead atoms. The molecule has 4 atom stereocenters. The fourth-order valence-corrected chi connectivity index (χ4v) is 5.27. The van der Waals surface area contributed by atoms with Gasteiger partial charge in [-0.3, -0.25) is 0 Å². The molecule has 4 unspecified atom stereocenters. The average molecular weight is 294 g/mol. The van der Waals surface area contributed by atoms with E-state index in [1.165, 1.54) is 45.1 Å². The third kappa shape index (κ3) is 3.46. The Kier molecular flexibility index (Phi) is 4.63. The van der Waals surface area contributed by atoms with Gasteiger partial charge in [-0.25, -0.2) is 0 Å². The van der Waals surface area contributed by atoms with Crippen molar-refractivity contribution < 1.29 is 5.11 Å². The number of aliphatic hydroxyl groups is 1. The number of nitrogens with one attached hydrogen (secondary N) is 1. The minimum Gasteiger partial charge on any atom is -0.394 e. The fraction of sp³-hybridized carbons (Fsp3) is 1.00. The summed E-state index contributed by atoms with van der Waals surface area (Å²) in [5, 5.41) is 13.8. The molecule has 3 fully saturated rings. The van der Waals surface area contributed by atoms with Crippen molar-refractivity contribution in [2.75, 3.05) is 26.7 Å². The molecule has 0 aromatic rings. The first kappa shape index (κ1) is 15.8. The molecule has 21 heavy (non-hydrogen) atoms. The monoisotopic (exact) mass is 294 g/mol. The quantitative estimate of drug-likeness (QED) is 0.722. The second kappa shape index (κ2) is 6.17. The predicted molar refractivity (Wildman–Crippen MR) is 87.2 cm³/mol. The lowest BCUT2D eigenvalue weighted by Crippen LogP contribution is -2.59. The van der Waals surface area contributed by atoms with Gasteiger partial charge in [0, 0.05) is 19.1 Å². The lowest BCUT2D eigenvalue weighted by molar-refractivity contribution is 0.0827. The molecule has 3 heteroatoms. The molecular weight excluding hydrogens is 260 g/mol. The first-order valence-corrected chi connectivity index (χ1v) is 9.09. The Hall–Kier alpha value is -0.120. The molecule has 122 valence electrons. The van der Waals surface area contributed by atoms with E-state index >= 15 is 0 Å². The van der Waals surface area contributed by atoms with Gasteiger partial charge in [-0.2, -0.15) is 0 Å². The zero-order valence-corrected chi connectivity index (χ0v) is 14.1. The molecule has 0 spiro atoms. The summed E-state index contributed by atoms with van der Waals surface area (Å²) in [6.45, 7) is 6.90. The first-order valence-electron chi connectivity index (χ1n) is 9.09. The van der Waals surface area contributed by atoms with Crippen LogP contribution in [0, 0.1) is 23.7 Å². The third-order valence-electron chi connectivity index (χ3n) is 6.20. The molecule has 2 N–H and O–H groups in total. The van der Waals surface area contributed by atoms with Gasteiger partial charge in [0.05, 0.1) is 12.1 Å². The summed E-state index contributed by atoms with van der Waals surface area (Å²) in [5.74, 6) is 3.63. The van der Waals surface area contributed by atoms with Crippen molar-refractivity contribution in [2.24, 2.45) is 23.7 Å². The molecule has 3 aliphatic rings. The van der Waals surface area contributed by atoms with E-state index in [-0.39, 0.29) is 12.1 Å². The minimum atomic E-state index is -0.0689. The number of fused-ring (bicyclic) bond motifs is 2. The van der Waals surface area contributed by atoms with Crippen LogP contribution in [0.2, 0.25) is 0 Å². The minimum absolute atomic E-state index is 0.0689. The summed E-state index contributed by atoms with van der Waals surface area (Å²) in [4.78, 5) is 2.51. The molecular formula is C18H34N2O. The molecule has 0 aliphatic heterocycles. The maximum absolute atomic E-state index is 10.1. The molecule has 3 saturated carbocycles. The zero-order valence-electron chi connectivity index (χ0n) is 14.1. The normalized spacial score (nSPS) is 34.9. The van der Waals surface area contributed by atoms with Gasteiger partial charge in [0.1, 0.15) is 0 Å². The summed E-state index contributed by atoms with van der Waals surface area (Å²) in [5.41, 5.74) is -0.0689. The predicted octanol–water partition coefficient (Wildman–Crippen LogP) is 2.49. The van der Waals surface area contributed by atoms with E-state index in [0.717, 1.165) is 24.3 Å². The third-order valence-corrected chi connectivity index (χ3v) is 6.20. The van der Waals surface area contributed by atoms with Crippen molar-refractivity contribution in [3.63, 3.8) is 0 Å². The van der Waals surface area contributed by atoms with Crippen LogP contribution < -0.4 is 5.32 Å². The number of hydrogen-bond donors (Lipinski definition) is 2. The van der Waals surface area contributed by atoms with Crippen LogP contribution in [0.1, 0.15) is 52.4 Å². The van der Waals surface area contributed by atoms with Crippen LogP contribution >= 0.6 is 0 Å². The fourth-order valence-electron chi connectivity index (χ4n) is 5.27. The van der Waals surface area contributed by atoms with E-state index in [1.807, 2.05) is 0 Å².